The molecule has 0 radical (unpaired) electrons. The van der Waals surface area contributed by atoms with E-state index in [1.807, 2.05) is 0 Å². The monoisotopic (exact) mass is 251 g/mol. The minimum Gasteiger partial charge on any atom is -0.358 e. The number of hydrogen-bond donors (Lipinski definition) is 1. The maximum absolute atomic E-state index is 4.61. The van der Waals surface area contributed by atoms with Crippen LogP contribution in [0.4, 0.5) is 5.13 Å². The summed E-state index contributed by atoms with van der Waals surface area (Å²) in [4.78, 5) is 4.61. The van der Waals surface area contributed by atoms with Crippen molar-refractivity contribution in [2.24, 2.45) is 11.8 Å². The summed E-state index contributed by atoms with van der Waals surface area (Å²) < 4.78 is 4.45. The van der Waals surface area contributed by atoms with Crippen LogP contribution in [0.2, 0.25) is 0 Å². The molecule has 4 heteroatoms. The van der Waals surface area contributed by atoms with E-state index < -0.39 is 0 Å². The Bertz CT molecular complexity index is 386. The molecule has 0 aliphatic heterocycles. The molecule has 0 amide bonds. The van der Waals surface area contributed by atoms with Gasteiger partial charge in [-0.05, 0) is 43.9 Å². The molecule has 3 rings (SSSR count). The van der Waals surface area contributed by atoms with E-state index in [0.29, 0.717) is 12.0 Å². The fraction of sp³-hybridized carbons (Fsp3) is 0.846. The molecule has 17 heavy (non-hydrogen) atoms. The van der Waals surface area contributed by atoms with Crippen LogP contribution in [0.25, 0.3) is 0 Å². The van der Waals surface area contributed by atoms with Crippen LogP contribution in [-0.4, -0.2) is 15.4 Å². The fourth-order valence-corrected chi connectivity index (χ4v) is 3.38. The molecule has 3 nitrogen and oxygen atoms in total. The third-order valence-corrected chi connectivity index (χ3v) is 4.97. The molecule has 94 valence electrons. The standard InChI is InChI=1S/C13H21N3S/c1-8-3-6-11(7-9(8)2)14-13-15-12(16-17-13)10-4-5-10/h8-11H,3-7H2,1-2H3,(H,14,15,16). The maximum Gasteiger partial charge on any atom is 0.202 e. The van der Waals surface area contributed by atoms with Gasteiger partial charge in [-0.2, -0.15) is 4.37 Å². The predicted molar refractivity (Wildman–Crippen MR) is 71.5 cm³/mol. The second-order valence-electron chi connectivity index (χ2n) is 5.84. The first-order chi connectivity index (χ1) is 8.22. The minimum absolute atomic E-state index is 0.612. The van der Waals surface area contributed by atoms with Crippen LogP contribution >= 0.6 is 11.5 Å². The molecule has 2 aliphatic carbocycles. The first-order valence-electron chi connectivity index (χ1n) is 6.82. The quantitative estimate of drug-likeness (QED) is 0.891. The van der Waals surface area contributed by atoms with Crippen molar-refractivity contribution in [3.05, 3.63) is 5.82 Å². The van der Waals surface area contributed by atoms with Crippen molar-refractivity contribution in [3.8, 4) is 0 Å². The zero-order valence-corrected chi connectivity index (χ0v) is 11.5. The fourth-order valence-electron chi connectivity index (χ4n) is 2.65. The average Bonchev–Trinajstić information content (AvgIpc) is 3.06. The Morgan fingerprint density at radius 2 is 1.94 bits per heavy atom. The molecule has 1 N–H and O–H groups in total. The third kappa shape index (κ3) is 2.62. The van der Waals surface area contributed by atoms with Gasteiger partial charge in [0, 0.05) is 23.5 Å². The van der Waals surface area contributed by atoms with Crippen LogP contribution < -0.4 is 5.32 Å². The van der Waals surface area contributed by atoms with Crippen LogP contribution in [0.15, 0.2) is 0 Å². The van der Waals surface area contributed by atoms with Gasteiger partial charge in [0.15, 0.2) is 0 Å². The predicted octanol–water partition coefficient (Wildman–Crippen LogP) is 3.65. The van der Waals surface area contributed by atoms with Crippen molar-refractivity contribution in [1.82, 2.24) is 9.36 Å². The smallest absolute Gasteiger partial charge is 0.202 e. The normalized spacial score (nSPS) is 33.6. The van der Waals surface area contributed by atoms with E-state index in [0.717, 1.165) is 22.8 Å². The summed E-state index contributed by atoms with van der Waals surface area (Å²) >= 11 is 1.54. The van der Waals surface area contributed by atoms with Gasteiger partial charge in [-0.1, -0.05) is 13.8 Å². The van der Waals surface area contributed by atoms with Crippen molar-refractivity contribution < 1.29 is 0 Å². The van der Waals surface area contributed by atoms with Gasteiger partial charge in [-0.25, -0.2) is 4.98 Å². The Hall–Kier alpha value is -0.640. The molecule has 3 unspecified atom stereocenters. The van der Waals surface area contributed by atoms with Crippen LogP contribution in [-0.2, 0) is 0 Å². The number of hydrogen-bond acceptors (Lipinski definition) is 4. The molecule has 1 heterocycles. The Morgan fingerprint density at radius 3 is 2.65 bits per heavy atom. The topological polar surface area (TPSA) is 37.8 Å². The summed E-state index contributed by atoms with van der Waals surface area (Å²) in [6.45, 7) is 4.74. The Morgan fingerprint density at radius 1 is 1.12 bits per heavy atom. The highest BCUT2D eigenvalue weighted by molar-refractivity contribution is 7.09. The zero-order chi connectivity index (χ0) is 11.8. The maximum atomic E-state index is 4.61. The molecule has 2 saturated carbocycles. The lowest BCUT2D eigenvalue weighted by Crippen LogP contribution is -2.30. The van der Waals surface area contributed by atoms with Crippen LogP contribution in [0, 0.1) is 11.8 Å². The van der Waals surface area contributed by atoms with E-state index in [1.165, 1.54) is 32.1 Å². The van der Waals surface area contributed by atoms with Gasteiger partial charge in [0.1, 0.15) is 5.82 Å². The molecule has 1 aromatic rings. The molecular formula is C13H21N3S. The van der Waals surface area contributed by atoms with Crippen molar-refractivity contribution in [2.75, 3.05) is 5.32 Å². The van der Waals surface area contributed by atoms with Gasteiger partial charge in [-0.15, -0.1) is 0 Å². The van der Waals surface area contributed by atoms with E-state index >= 15 is 0 Å². The summed E-state index contributed by atoms with van der Waals surface area (Å²) in [5, 5.41) is 4.62. The largest absolute Gasteiger partial charge is 0.358 e. The lowest BCUT2D eigenvalue weighted by Gasteiger charge is -2.32. The molecule has 0 bridgehead atoms. The van der Waals surface area contributed by atoms with E-state index in [9.17, 15) is 0 Å². The highest BCUT2D eigenvalue weighted by Gasteiger charge is 2.29. The Labute approximate surface area is 107 Å². The van der Waals surface area contributed by atoms with Crippen molar-refractivity contribution >= 4 is 16.7 Å². The van der Waals surface area contributed by atoms with Gasteiger partial charge >= 0.3 is 0 Å². The summed E-state index contributed by atoms with van der Waals surface area (Å²) in [6, 6.07) is 0.612. The summed E-state index contributed by atoms with van der Waals surface area (Å²) in [5.74, 6) is 3.46. The van der Waals surface area contributed by atoms with E-state index in [4.69, 9.17) is 0 Å². The Kier molecular flexibility index (Phi) is 3.07. The van der Waals surface area contributed by atoms with Crippen LogP contribution in [0.5, 0.6) is 0 Å². The summed E-state index contributed by atoms with van der Waals surface area (Å²) in [7, 11) is 0. The summed E-state index contributed by atoms with van der Waals surface area (Å²) in [6.07, 6.45) is 6.47. The number of nitrogens with zero attached hydrogens (tertiary/aromatic N) is 2. The molecule has 3 atom stereocenters. The van der Waals surface area contributed by atoms with Crippen molar-refractivity contribution in [2.45, 2.75) is 57.9 Å². The molecule has 0 saturated heterocycles. The van der Waals surface area contributed by atoms with Gasteiger partial charge < -0.3 is 5.32 Å². The minimum atomic E-state index is 0.612. The lowest BCUT2D eigenvalue weighted by atomic mass is 9.79. The number of nitrogens with one attached hydrogen (secondary N) is 1. The summed E-state index contributed by atoms with van der Waals surface area (Å²) in [5.41, 5.74) is 0. The first-order valence-corrected chi connectivity index (χ1v) is 7.60. The molecule has 0 aromatic carbocycles. The number of rotatable bonds is 3. The number of anilines is 1. The second kappa shape index (κ2) is 4.56. The van der Waals surface area contributed by atoms with E-state index in [-0.39, 0.29) is 0 Å². The average molecular weight is 251 g/mol. The molecule has 0 spiro atoms. The van der Waals surface area contributed by atoms with Gasteiger partial charge in [0.05, 0.1) is 0 Å². The third-order valence-electron chi connectivity index (χ3n) is 4.31. The SMILES string of the molecule is CC1CCC(Nc2nc(C3CC3)ns2)CC1C. The first kappa shape index (κ1) is 11.5. The molecule has 2 aliphatic rings. The molecule has 2 fully saturated rings. The highest BCUT2D eigenvalue weighted by Crippen LogP contribution is 2.39. The van der Waals surface area contributed by atoms with E-state index in [2.05, 4.69) is 28.5 Å². The highest BCUT2D eigenvalue weighted by atomic mass is 32.1. The zero-order valence-electron chi connectivity index (χ0n) is 10.6. The van der Waals surface area contributed by atoms with Gasteiger partial charge in [0.2, 0.25) is 5.13 Å². The van der Waals surface area contributed by atoms with Gasteiger partial charge in [-0.3, -0.25) is 0 Å². The number of aromatic nitrogens is 2. The van der Waals surface area contributed by atoms with Crippen molar-refractivity contribution in [3.63, 3.8) is 0 Å². The van der Waals surface area contributed by atoms with Gasteiger partial charge in [0.25, 0.3) is 0 Å². The van der Waals surface area contributed by atoms with Crippen molar-refractivity contribution in [1.29, 1.82) is 0 Å². The van der Waals surface area contributed by atoms with Crippen LogP contribution in [0.3, 0.4) is 0 Å². The lowest BCUT2D eigenvalue weighted by molar-refractivity contribution is 0.261. The van der Waals surface area contributed by atoms with Crippen LogP contribution in [0.1, 0.15) is 57.7 Å². The van der Waals surface area contributed by atoms with E-state index in [1.54, 1.807) is 11.5 Å². The second-order valence-corrected chi connectivity index (χ2v) is 6.59. The molecular weight excluding hydrogens is 230 g/mol. The molecule has 1 aromatic heterocycles. The Balaban J connectivity index is 1.58.